The van der Waals surface area contributed by atoms with E-state index in [1.165, 1.54) is 24.8 Å². The normalized spacial score (nSPS) is 25.6. The predicted molar refractivity (Wildman–Crippen MR) is 84.9 cm³/mol. The van der Waals surface area contributed by atoms with Crippen molar-refractivity contribution in [2.75, 3.05) is 13.1 Å². The summed E-state index contributed by atoms with van der Waals surface area (Å²) < 4.78 is 14.0. The molecule has 2 nitrogen and oxygen atoms in total. The highest BCUT2D eigenvalue weighted by Gasteiger charge is 2.32. The molecule has 0 amide bonds. The van der Waals surface area contributed by atoms with Crippen molar-refractivity contribution in [1.29, 1.82) is 0 Å². The number of nitrogens with zero attached hydrogens (tertiary/aromatic N) is 1. The summed E-state index contributed by atoms with van der Waals surface area (Å²) in [5.74, 6) is -0.0190. The Hall–Kier alpha value is -0.930. The van der Waals surface area contributed by atoms with E-state index < -0.39 is 0 Å². The molecule has 2 aliphatic rings. The van der Waals surface area contributed by atoms with Crippen LogP contribution < -0.4 is 5.32 Å². The summed E-state index contributed by atoms with van der Waals surface area (Å²) in [6.07, 6.45) is 5.84. The number of hydrogen-bond donors (Lipinski definition) is 1. The van der Waals surface area contributed by atoms with E-state index in [1.807, 2.05) is 6.07 Å². The lowest BCUT2D eigenvalue weighted by atomic mass is 10.0. The topological polar surface area (TPSA) is 15.3 Å². The van der Waals surface area contributed by atoms with Crippen molar-refractivity contribution >= 4 is 0 Å². The van der Waals surface area contributed by atoms with Crippen LogP contribution in [0, 0.1) is 5.82 Å². The molecular weight excluding hydrogens is 263 g/mol. The molecule has 0 aromatic heterocycles. The van der Waals surface area contributed by atoms with E-state index in [4.69, 9.17) is 0 Å². The molecule has 0 spiro atoms. The molecular formula is C18H27FN2. The van der Waals surface area contributed by atoms with Crippen molar-refractivity contribution in [3.8, 4) is 0 Å². The maximum atomic E-state index is 14.0. The van der Waals surface area contributed by atoms with Gasteiger partial charge >= 0.3 is 0 Å². The van der Waals surface area contributed by atoms with Gasteiger partial charge in [-0.3, -0.25) is 4.90 Å². The van der Waals surface area contributed by atoms with Crippen LogP contribution in [0.2, 0.25) is 0 Å². The zero-order valence-corrected chi connectivity index (χ0v) is 13.2. The van der Waals surface area contributed by atoms with Gasteiger partial charge in [-0.05, 0) is 63.3 Å². The number of benzene rings is 1. The van der Waals surface area contributed by atoms with E-state index >= 15 is 0 Å². The minimum atomic E-state index is -0.0190. The molecule has 0 bridgehead atoms. The molecule has 21 heavy (non-hydrogen) atoms. The molecule has 3 rings (SSSR count). The molecule has 0 saturated carbocycles. The first-order valence-corrected chi connectivity index (χ1v) is 8.43. The lowest BCUT2D eigenvalue weighted by molar-refractivity contribution is 0.128. The van der Waals surface area contributed by atoms with Crippen LogP contribution in [0.4, 0.5) is 4.39 Å². The van der Waals surface area contributed by atoms with Crippen LogP contribution in [0.1, 0.15) is 56.7 Å². The summed E-state index contributed by atoms with van der Waals surface area (Å²) in [4.78, 5) is 2.58. The van der Waals surface area contributed by atoms with Crippen LogP contribution in [0.25, 0.3) is 0 Å². The summed E-state index contributed by atoms with van der Waals surface area (Å²) in [5.41, 5.74) is 2.17. The van der Waals surface area contributed by atoms with E-state index in [9.17, 15) is 4.39 Å². The summed E-state index contributed by atoms with van der Waals surface area (Å²) >= 11 is 0. The Labute approximate surface area is 127 Å². The Morgan fingerprint density at radius 1 is 1.29 bits per heavy atom. The van der Waals surface area contributed by atoms with E-state index in [1.54, 1.807) is 6.07 Å². The maximum absolute atomic E-state index is 14.0. The van der Waals surface area contributed by atoms with Gasteiger partial charge in [-0.15, -0.1) is 0 Å². The third kappa shape index (κ3) is 3.14. The fraction of sp³-hybridized carbons (Fsp3) is 0.667. The third-order valence-corrected chi connectivity index (χ3v) is 5.09. The third-order valence-electron chi connectivity index (χ3n) is 5.09. The average Bonchev–Trinajstić information content (AvgIpc) is 2.91. The summed E-state index contributed by atoms with van der Waals surface area (Å²) in [6, 6.07) is 7.07. The number of nitrogens with one attached hydrogen (secondary N) is 1. The van der Waals surface area contributed by atoms with Crippen molar-refractivity contribution in [2.45, 2.75) is 64.1 Å². The fourth-order valence-electron chi connectivity index (χ4n) is 3.96. The lowest BCUT2D eigenvalue weighted by Gasteiger charge is -2.37. The minimum absolute atomic E-state index is 0.0190. The van der Waals surface area contributed by atoms with E-state index in [-0.39, 0.29) is 5.82 Å². The van der Waals surface area contributed by atoms with Gasteiger partial charge < -0.3 is 5.32 Å². The van der Waals surface area contributed by atoms with E-state index in [0.717, 1.165) is 31.5 Å². The van der Waals surface area contributed by atoms with Crippen molar-refractivity contribution in [1.82, 2.24) is 10.2 Å². The Morgan fingerprint density at radius 3 is 2.86 bits per heavy atom. The number of rotatable bonds is 4. The molecule has 1 fully saturated rings. The molecule has 1 aromatic carbocycles. The molecule has 3 heteroatoms. The lowest BCUT2D eigenvalue weighted by Crippen LogP contribution is -2.46. The summed E-state index contributed by atoms with van der Waals surface area (Å²) in [5, 5.41) is 3.65. The first-order chi connectivity index (χ1) is 10.2. The van der Waals surface area contributed by atoms with Gasteiger partial charge in [-0.2, -0.15) is 0 Å². The second kappa shape index (κ2) is 6.45. The standard InChI is InChI=1S/C18H27FN2/c1-13(2)21(12-14-6-3-4-11-20-14)18-10-9-15-16(18)7-5-8-17(15)19/h5,7-8,13-14,18,20H,3-4,6,9-12H2,1-2H3. The van der Waals surface area contributed by atoms with Crippen molar-refractivity contribution in [3.05, 3.63) is 35.1 Å². The van der Waals surface area contributed by atoms with Gasteiger partial charge in [-0.1, -0.05) is 18.6 Å². The molecule has 1 heterocycles. The average molecular weight is 290 g/mol. The van der Waals surface area contributed by atoms with Crippen LogP contribution in [-0.2, 0) is 6.42 Å². The zero-order chi connectivity index (χ0) is 14.8. The Balaban J connectivity index is 1.78. The maximum Gasteiger partial charge on any atom is 0.126 e. The Kier molecular flexibility index (Phi) is 4.60. The number of fused-ring (bicyclic) bond motifs is 1. The van der Waals surface area contributed by atoms with Gasteiger partial charge in [0.15, 0.2) is 0 Å². The van der Waals surface area contributed by atoms with Crippen LogP contribution in [0.5, 0.6) is 0 Å². The van der Waals surface area contributed by atoms with Gasteiger partial charge in [0.1, 0.15) is 5.82 Å². The second-order valence-electron chi connectivity index (χ2n) is 6.80. The predicted octanol–water partition coefficient (Wildman–Crippen LogP) is 3.67. The summed E-state index contributed by atoms with van der Waals surface area (Å²) in [6.45, 7) is 6.75. The van der Waals surface area contributed by atoms with Gasteiger partial charge in [0, 0.05) is 24.7 Å². The number of halogens is 1. The Morgan fingerprint density at radius 2 is 2.14 bits per heavy atom. The minimum Gasteiger partial charge on any atom is -0.313 e. The molecule has 1 aliphatic heterocycles. The zero-order valence-electron chi connectivity index (χ0n) is 13.2. The van der Waals surface area contributed by atoms with Crippen LogP contribution in [-0.4, -0.2) is 30.1 Å². The highest BCUT2D eigenvalue weighted by atomic mass is 19.1. The van der Waals surface area contributed by atoms with Crippen molar-refractivity contribution in [2.24, 2.45) is 0 Å². The molecule has 2 unspecified atom stereocenters. The SMILES string of the molecule is CC(C)N(CC1CCCCN1)C1CCc2c(F)cccc21. The van der Waals surface area contributed by atoms with Gasteiger partial charge in [0.05, 0.1) is 0 Å². The van der Waals surface area contributed by atoms with Crippen molar-refractivity contribution < 1.29 is 4.39 Å². The molecule has 1 aliphatic carbocycles. The number of piperidine rings is 1. The fourth-order valence-corrected chi connectivity index (χ4v) is 3.96. The molecule has 1 aromatic rings. The highest BCUT2D eigenvalue weighted by molar-refractivity contribution is 5.35. The van der Waals surface area contributed by atoms with Crippen LogP contribution >= 0.6 is 0 Å². The van der Waals surface area contributed by atoms with Crippen LogP contribution in [0.15, 0.2) is 18.2 Å². The van der Waals surface area contributed by atoms with Crippen LogP contribution in [0.3, 0.4) is 0 Å². The van der Waals surface area contributed by atoms with Gasteiger partial charge in [0.25, 0.3) is 0 Å². The molecule has 1 saturated heterocycles. The number of hydrogen-bond acceptors (Lipinski definition) is 2. The first-order valence-electron chi connectivity index (χ1n) is 8.43. The van der Waals surface area contributed by atoms with E-state index in [2.05, 4.69) is 30.1 Å². The van der Waals surface area contributed by atoms with Gasteiger partial charge in [0.2, 0.25) is 0 Å². The molecule has 1 N–H and O–H groups in total. The largest absolute Gasteiger partial charge is 0.313 e. The van der Waals surface area contributed by atoms with E-state index in [0.29, 0.717) is 18.1 Å². The Bertz CT molecular complexity index is 480. The molecule has 0 radical (unpaired) electrons. The monoisotopic (exact) mass is 290 g/mol. The summed E-state index contributed by atoms with van der Waals surface area (Å²) in [7, 11) is 0. The quantitative estimate of drug-likeness (QED) is 0.910. The molecule has 116 valence electrons. The second-order valence-corrected chi connectivity index (χ2v) is 6.80. The van der Waals surface area contributed by atoms with Gasteiger partial charge in [-0.25, -0.2) is 4.39 Å². The highest BCUT2D eigenvalue weighted by Crippen LogP contribution is 2.38. The molecule has 2 atom stereocenters. The van der Waals surface area contributed by atoms with Crippen molar-refractivity contribution in [3.63, 3.8) is 0 Å². The smallest absolute Gasteiger partial charge is 0.126 e. The first kappa shape index (κ1) is 15.0.